The number of methoxy groups -OCH3 is 1. The molecule has 4 rings (SSSR count). The van der Waals surface area contributed by atoms with Crippen LogP contribution in [0.1, 0.15) is 5.56 Å². The predicted octanol–water partition coefficient (Wildman–Crippen LogP) is 0.994. The van der Waals surface area contributed by atoms with Gasteiger partial charge in [0.15, 0.2) is 0 Å². The van der Waals surface area contributed by atoms with Crippen LogP contribution in [0.2, 0.25) is 0 Å². The lowest BCUT2D eigenvalue weighted by Gasteiger charge is -2.37. The van der Waals surface area contributed by atoms with Crippen LogP contribution in [0.5, 0.6) is 5.75 Å². The number of nitrogens with zero attached hydrogens (tertiary/aromatic N) is 2. The number of aliphatic carboxylic acids is 1. The van der Waals surface area contributed by atoms with Gasteiger partial charge in [0.2, 0.25) is 5.91 Å². The highest BCUT2D eigenvalue weighted by molar-refractivity contribution is 5.87. The summed E-state index contributed by atoms with van der Waals surface area (Å²) >= 11 is 0. The molecule has 0 unspecified atom stereocenters. The molecule has 1 amide bonds. The van der Waals surface area contributed by atoms with Gasteiger partial charge in [-0.15, -0.1) is 0 Å². The highest BCUT2D eigenvalue weighted by Crippen LogP contribution is 2.40. The van der Waals surface area contributed by atoms with Crippen LogP contribution >= 0.6 is 0 Å². The fourth-order valence-electron chi connectivity index (χ4n) is 4.26. The van der Waals surface area contributed by atoms with Crippen molar-refractivity contribution in [2.45, 2.75) is 18.8 Å². The van der Waals surface area contributed by atoms with E-state index in [4.69, 9.17) is 9.47 Å². The van der Waals surface area contributed by atoms with Gasteiger partial charge in [-0.25, -0.2) is 0 Å². The molecule has 1 N–H and O–H groups in total. The van der Waals surface area contributed by atoms with Crippen molar-refractivity contribution in [1.29, 1.82) is 0 Å². The monoisotopic (exact) mass is 372 g/mol. The lowest BCUT2D eigenvalue weighted by atomic mass is 9.82. The Morgan fingerprint density at radius 3 is 2.52 bits per heavy atom. The Hall–Kier alpha value is -2.38. The number of amides is 1. The molecule has 7 heteroatoms. The van der Waals surface area contributed by atoms with Crippen molar-refractivity contribution in [1.82, 2.24) is 9.80 Å². The molecular weight excluding hydrogens is 348 g/mol. The SMILES string of the molecule is COc1cccc(CN2CCN(C(=O)[C@H]3[C@H](C(=O)O)[C@H]4C=C[C@H]3O4)CC2)c1. The summed E-state index contributed by atoms with van der Waals surface area (Å²) in [5, 5.41) is 9.50. The maximum absolute atomic E-state index is 13.0. The topological polar surface area (TPSA) is 79.3 Å². The number of hydrogen-bond acceptors (Lipinski definition) is 5. The maximum Gasteiger partial charge on any atom is 0.310 e. The number of hydrogen-bond donors (Lipinski definition) is 1. The summed E-state index contributed by atoms with van der Waals surface area (Å²) in [5.74, 6) is -1.60. The first kappa shape index (κ1) is 18.0. The first-order valence-electron chi connectivity index (χ1n) is 9.27. The average Bonchev–Trinajstić information content (AvgIpc) is 3.29. The number of ether oxygens (including phenoxy) is 2. The van der Waals surface area contributed by atoms with E-state index >= 15 is 0 Å². The molecule has 2 fully saturated rings. The third kappa shape index (κ3) is 3.44. The molecule has 0 aliphatic carbocycles. The zero-order valence-electron chi connectivity index (χ0n) is 15.3. The number of carboxylic acids is 1. The average molecular weight is 372 g/mol. The molecule has 2 bridgehead atoms. The first-order chi connectivity index (χ1) is 13.1. The van der Waals surface area contributed by atoms with Crippen molar-refractivity contribution in [3.8, 4) is 5.75 Å². The van der Waals surface area contributed by atoms with Crippen LogP contribution < -0.4 is 4.74 Å². The molecule has 144 valence electrons. The first-order valence-corrected chi connectivity index (χ1v) is 9.27. The molecule has 4 atom stereocenters. The van der Waals surface area contributed by atoms with Gasteiger partial charge in [0, 0.05) is 32.7 Å². The van der Waals surface area contributed by atoms with E-state index in [0.29, 0.717) is 13.1 Å². The molecule has 1 aromatic rings. The van der Waals surface area contributed by atoms with Crippen molar-refractivity contribution < 1.29 is 24.2 Å². The molecule has 3 aliphatic heterocycles. The van der Waals surface area contributed by atoms with Gasteiger partial charge in [0.25, 0.3) is 0 Å². The molecule has 3 aliphatic rings. The van der Waals surface area contributed by atoms with Crippen LogP contribution in [-0.4, -0.2) is 72.3 Å². The van der Waals surface area contributed by atoms with Gasteiger partial charge < -0.3 is 19.5 Å². The van der Waals surface area contributed by atoms with Gasteiger partial charge in [-0.2, -0.15) is 0 Å². The van der Waals surface area contributed by atoms with Crippen LogP contribution in [0.25, 0.3) is 0 Å². The van der Waals surface area contributed by atoms with E-state index in [9.17, 15) is 14.7 Å². The Morgan fingerprint density at radius 1 is 1.15 bits per heavy atom. The Bertz CT molecular complexity index is 756. The molecule has 1 aromatic carbocycles. The Labute approximate surface area is 158 Å². The van der Waals surface area contributed by atoms with Gasteiger partial charge in [-0.1, -0.05) is 24.3 Å². The lowest BCUT2D eigenvalue weighted by molar-refractivity contribution is -0.150. The van der Waals surface area contributed by atoms with E-state index < -0.39 is 30.0 Å². The molecule has 2 saturated heterocycles. The predicted molar refractivity (Wildman–Crippen MR) is 97.3 cm³/mol. The number of rotatable bonds is 5. The number of carboxylic acid groups (broad SMARTS) is 1. The summed E-state index contributed by atoms with van der Waals surface area (Å²) < 4.78 is 10.9. The highest BCUT2D eigenvalue weighted by atomic mass is 16.5. The number of benzene rings is 1. The zero-order valence-corrected chi connectivity index (χ0v) is 15.3. The van der Waals surface area contributed by atoms with Crippen molar-refractivity contribution >= 4 is 11.9 Å². The minimum absolute atomic E-state index is 0.0970. The van der Waals surface area contributed by atoms with Crippen molar-refractivity contribution in [2.24, 2.45) is 11.8 Å². The van der Waals surface area contributed by atoms with Crippen LogP contribution in [0.15, 0.2) is 36.4 Å². The van der Waals surface area contributed by atoms with Crippen molar-refractivity contribution in [2.75, 3.05) is 33.3 Å². The highest BCUT2D eigenvalue weighted by Gasteiger charge is 2.54. The summed E-state index contributed by atoms with van der Waals surface area (Å²) in [5.41, 5.74) is 1.17. The standard InChI is InChI=1S/C20H24N2O5/c1-26-14-4-2-3-13(11-14)12-21-7-9-22(10-8-21)19(23)17-15-5-6-16(27-15)18(17)20(24)25/h2-6,11,15-18H,7-10,12H2,1H3,(H,24,25)/t15-,16-,17-,18-/m1/s1. The van der Waals surface area contributed by atoms with Gasteiger partial charge in [-0.05, 0) is 17.7 Å². The van der Waals surface area contributed by atoms with E-state index in [1.54, 1.807) is 18.1 Å². The number of piperazine rings is 1. The smallest absolute Gasteiger partial charge is 0.310 e. The summed E-state index contributed by atoms with van der Waals surface area (Å²) in [6.45, 7) is 3.53. The van der Waals surface area contributed by atoms with Crippen molar-refractivity contribution in [3.63, 3.8) is 0 Å². The Kier molecular flexibility index (Phi) is 4.88. The zero-order chi connectivity index (χ0) is 19.0. The molecule has 0 radical (unpaired) electrons. The second-order valence-electron chi connectivity index (χ2n) is 7.29. The number of carbonyl (C=O) groups excluding carboxylic acids is 1. The third-order valence-electron chi connectivity index (χ3n) is 5.69. The Morgan fingerprint density at radius 2 is 1.85 bits per heavy atom. The van der Waals surface area contributed by atoms with Gasteiger partial charge >= 0.3 is 5.97 Å². The molecular formula is C20H24N2O5. The van der Waals surface area contributed by atoms with Gasteiger partial charge in [0.1, 0.15) is 11.7 Å². The molecule has 27 heavy (non-hydrogen) atoms. The molecule has 0 aromatic heterocycles. The fourth-order valence-corrected chi connectivity index (χ4v) is 4.26. The van der Waals surface area contributed by atoms with Crippen LogP contribution in [0.4, 0.5) is 0 Å². The lowest BCUT2D eigenvalue weighted by Crippen LogP contribution is -2.52. The molecule has 0 spiro atoms. The van der Waals surface area contributed by atoms with E-state index in [1.165, 1.54) is 5.56 Å². The van der Waals surface area contributed by atoms with Crippen LogP contribution in [-0.2, 0) is 20.9 Å². The van der Waals surface area contributed by atoms with E-state index in [2.05, 4.69) is 11.0 Å². The van der Waals surface area contributed by atoms with Gasteiger partial charge in [0.05, 0.1) is 25.2 Å². The molecule has 3 heterocycles. The van der Waals surface area contributed by atoms with Gasteiger partial charge in [-0.3, -0.25) is 14.5 Å². The summed E-state index contributed by atoms with van der Waals surface area (Å²) in [7, 11) is 1.66. The number of carbonyl (C=O) groups is 2. The minimum Gasteiger partial charge on any atom is -0.497 e. The fraction of sp³-hybridized carbons (Fsp3) is 0.500. The van der Waals surface area contributed by atoms with E-state index in [-0.39, 0.29) is 5.91 Å². The summed E-state index contributed by atoms with van der Waals surface area (Å²) in [6, 6.07) is 7.98. The summed E-state index contributed by atoms with van der Waals surface area (Å²) in [4.78, 5) is 28.6. The summed E-state index contributed by atoms with van der Waals surface area (Å²) in [6.07, 6.45) is 2.71. The quantitative estimate of drug-likeness (QED) is 0.777. The number of fused-ring (bicyclic) bond motifs is 2. The Balaban J connectivity index is 1.35. The normalized spacial score (nSPS) is 29.9. The molecule has 0 saturated carbocycles. The van der Waals surface area contributed by atoms with E-state index in [1.807, 2.05) is 24.3 Å². The van der Waals surface area contributed by atoms with Crippen molar-refractivity contribution in [3.05, 3.63) is 42.0 Å². The third-order valence-corrected chi connectivity index (χ3v) is 5.69. The minimum atomic E-state index is -0.957. The van der Waals surface area contributed by atoms with E-state index in [0.717, 1.165) is 25.4 Å². The second-order valence-corrected chi connectivity index (χ2v) is 7.29. The maximum atomic E-state index is 13.0. The largest absolute Gasteiger partial charge is 0.497 e. The molecule has 7 nitrogen and oxygen atoms in total. The van der Waals surface area contributed by atoms with Crippen LogP contribution in [0, 0.1) is 11.8 Å². The second kappa shape index (κ2) is 7.32. The van der Waals surface area contributed by atoms with Crippen LogP contribution in [0.3, 0.4) is 0 Å².